The molecule has 0 bridgehead atoms. The van der Waals surface area contributed by atoms with Gasteiger partial charge in [0.25, 0.3) is 0 Å². The highest BCUT2D eigenvalue weighted by molar-refractivity contribution is 5.96. The second kappa shape index (κ2) is 10.6. The Morgan fingerprint density at radius 1 is 1.00 bits per heavy atom. The SMILES string of the molecule is Cl.Cl.NC1CCCC(C(=O)N2CCN(CC(=O)N3CCc4ccccc43)CC2)C1. The summed E-state index contributed by atoms with van der Waals surface area (Å²) in [7, 11) is 0. The third-order valence-corrected chi connectivity index (χ3v) is 6.30. The van der Waals surface area contributed by atoms with Crippen molar-refractivity contribution in [2.75, 3.05) is 44.2 Å². The standard InChI is InChI=1S/C21H30N4O2.2ClH/c22-18-6-3-5-17(14-18)21(27)24-12-10-23(11-13-24)15-20(26)25-9-8-16-4-1-2-7-19(16)25;;/h1-2,4,7,17-18H,3,5-6,8-15,22H2;2*1H. The van der Waals surface area contributed by atoms with Crippen molar-refractivity contribution in [3.63, 3.8) is 0 Å². The van der Waals surface area contributed by atoms with Crippen LogP contribution in [0.4, 0.5) is 5.69 Å². The van der Waals surface area contributed by atoms with Crippen molar-refractivity contribution < 1.29 is 9.59 Å². The molecule has 1 saturated heterocycles. The smallest absolute Gasteiger partial charge is 0.241 e. The molecule has 0 aromatic heterocycles. The molecule has 4 rings (SSSR count). The summed E-state index contributed by atoms with van der Waals surface area (Å²) in [4.78, 5) is 31.6. The zero-order chi connectivity index (χ0) is 18.8. The Balaban J connectivity index is 0.00000150. The number of halogens is 2. The lowest BCUT2D eigenvalue weighted by atomic mass is 9.85. The summed E-state index contributed by atoms with van der Waals surface area (Å²) in [5.41, 5.74) is 8.36. The molecule has 2 amide bonds. The monoisotopic (exact) mass is 442 g/mol. The molecule has 1 aliphatic carbocycles. The lowest BCUT2D eigenvalue weighted by molar-refractivity contribution is -0.138. The fourth-order valence-electron chi connectivity index (χ4n) is 4.71. The number of rotatable bonds is 3. The van der Waals surface area contributed by atoms with E-state index in [9.17, 15) is 9.59 Å². The number of hydrogen-bond acceptors (Lipinski definition) is 4. The molecule has 3 aliphatic rings. The number of nitrogens with zero attached hydrogens (tertiary/aromatic N) is 3. The molecular weight excluding hydrogens is 411 g/mol. The van der Waals surface area contributed by atoms with Gasteiger partial charge in [-0.15, -0.1) is 24.8 Å². The van der Waals surface area contributed by atoms with Gasteiger partial charge in [-0.25, -0.2) is 0 Å². The Kier molecular flexibility index (Phi) is 8.76. The van der Waals surface area contributed by atoms with E-state index in [-0.39, 0.29) is 48.6 Å². The Bertz CT molecular complexity index is 710. The van der Waals surface area contributed by atoms with Gasteiger partial charge in [-0.3, -0.25) is 14.5 Å². The van der Waals surface area contributed by atoms with E-state index < -0.39 is 0 Å². The predicted octanol–water partition coefficient (Wildman–Crippen LogP) is 2.08. The maximum atomic E-state index is 12.8. The minimum atomic E-state index is 0. The quantitative estimate of drug-likeness (QED) is 0.777. The van der Waals surface area contributed by atoms with Crippen LogP contribution in [0.25, 0.3) is 0 Å². The number of hydrogen-bond donors (Lipinski definition) is 1. The van der Waals surface area contributed by atoms with Crippen LogP contribution in [0.3, 0.4) is 0 Å². The highest BCUT2D eigenvalue weighted by Gasteiger charge is 2.32. The lowest BCUT2D eigenvalue weighted by Gasteiger charge is -2.38. The molecule has 2 heterocycles. The fourth-order valence-corrected chi connectivity index (χ4v) is 4.71. The van der Waals surface area contributed by atoms with E-state index in [1.54, 1.807) is 0 Å². The van der Waals surface area contributed by atoms with Gasteiger partial charge in [0.05, 0.1) is 6.54 Å². The number of para-hydroxylation sites is 1. The first kappa shape index (κ1) is 23.9. The Labute approximate surface area is 185 Å². The summed E-state index contributed by atoms with van der Waals surface area (Å²) < 4.78 is 0. The molecule has 2 N–H and O–H groups in total. The maximum Gasteiger partial charge on any atom is 0.241 e. The van der Waals surface area contributed by atoms with Crippen LogP contribution in [0.2, 0.25) is 0 Å². The number of carbonyl (C=O) groups excluding carboxylic acids is 2. The molecule has 1 aromatic rings. The normalized spacial score (nSPS) is 24.3. The summed E-state index contributed by atoms with van der Waals surface area (Å²) >= 11 is 0. The van der Waals surface area contributed by atoms with Gasteiger partial charge in [-0.05, 0) is 37.3 Å². The molecule has 29 heavy (non-hydrogen) atoms. The zero-order valence-corrected chi connectivity index (χ0v) is 18.4. The summed E-state index contributed by atoms with van der Waals surface area (Å²) in [6.07, 6.45) is 4.84. The maximum absolute atomic E-state index is 12.8. The number of amides is 2. The van der Waals surface area contributed by atoms with Crippen molar-refractivity contribution in [2.24, 2.45) is 11.7 Å². The highest BCUT2D eigenvalue weighted by Crippen LogP contribution is 2.28. The zero-order valence-electron chi connectivity index (χ0n) is 16.8. The van der Waals surface area contributed by atoms with Crippen LogP contribution in [0.15, 0.2) is 24.3 Å². The highest BCUT2D eigenvalue weighted by atomic mass is 35.5. The number of anilines is 1. The number of piperazine rings is 1. The van der Waals surface area contributed by atoms with Gasteiger partial charge in [0.1, 0.15) is 0 Å². The predicted molar refractivity (Wildman–Crippen MR) is 120 cm³/mol. The number of carbonyl (C=O) groups is 2. The first-order valence-electron chi connectivity index (χ1n) is 10.3. The van der Waals surface area contributed by atoms with E-state index in [1.165, 1.54) is 5.56 Å². The van der Waals surface area contributed by atoms with Crippen LogP contribution in [0, 0.1) is 5.92 Å². The third kappa shape index (κ3) is 5.43. The molecule has 0 spiro atoms. The van der Waals surface area contributed by atoms with E-state index in [0.29, 0.717) is 19.6 Å². The Morgan fingerprint density at radius 2 is 1.72 bits per heavy atom. The largest absolute Gasteiger partial charge is 0.340 e. The van der Waals surface area contributed by atoms with E-state index >= 15 is 0 Å². The van der Waals surface area contributed by atoms with Crippen LogP contribution >= 0.6 is 24.8 Å². The molecule has 2 aliphatic heterocycles. The molecule has 6 nitrogen and oxygen atoms in total. The molecule has 2 fully saturated rings. The molecule has 0 radical (unpaired) electrons. The summed E-state index contributed by atoms with van der Waals surface area (Å²) in [6, 6.07) is 8.33. The first-order chi connectivity index (χ1) is 13.1. The van der Waals surface area contributed by atoms with Crippen molar-refractivity contribution in [1.82, 2.24) is 9.80 Å². The third-order valence-electron chi connectivity index (χ3n) is 6.30. The lowest BCUT2D eigenvalue weighted by Crippen LogP contribution is -2.53. The molecular formula is C21H32Cl2N4O2. The van der Waals surface area contributed by atoms with Crippen molar-refractivity contribution in [3.8, 4) is 0 Å². The van der Waals surface area contributed by atoms with Gasteiger partial charge < -0.3 is 15.5 Å². The molecule has 162 valence electrons. The number of benzene rings is 1. The van der Waals surface area contributed by atoms with Gasteiger partial charge in [0, 0.05) is 50.4 Å². The number of nitrogens with two attached hydrogens (primary N) is 1. The van der Waals surface area contributed by atoms with Crippen molar-refractivity contribution in [3.05, 3.63) is 29.8 Å². The van der Waals surface area contributed by atoms with E-state index in [4.69, 9.17) is 5.73 Å². The minimum absolute atomic E-state index is 0. The summed E-state index contributed by atoms with van der Waals surface area (Å²) in [5, 5.41) is 0. The van der Waals surface area contributed by atoms with Crippen LogP contribution in [-0.2, 0) is 16.0 Å². The molecule has 1 saturated carbocycles. The van der Waals surface area contributed by atoms with Gasteiger partial charge in [0.2, 0.25) is 11.8 Å². The molecule has 2 atom stereocenters. The second-order valence-corrected chi connectivity index (χ2v) is 8.15. The average Bonchev–Trinajstić information content (AvgIpc) is 3.12. The van der Waals surface area contributed by atoms with Crippen LogP contribution in [0.5, 0.6) is 0 Å². The van der Waals surface area contributed by atoms with E-state index in [0.717, 1.165) is 57.4 Å². The van der Waals surface area contributed by atoms with Gasteiger partial charge >= 0.3 is 0 Å². The first-order valence-corrected chi connectivity index (χ1v) is 10.3. The minimum Gasteiger partial charge on any atom is -0.340 e. The second-order valence-electron chi connectivity index (χ2n) is 8.15. The van der Waals surface area contributed by atoms with Crippen molar-refractivity contribution >= 4 is 42.3 Å². The Hall–Kier alpha value is -1.34. The van der Waals surface area contributed by atoms with Crippen molar-refractivity contribution in [1.29, 1.82) is 0 Å². The fraction of sp³-hybridized carbons (Fsp3) is 0.619. The topological polar surface area (TPSA) is 69.9 Å². The van der Waals surface area contributed by atoms with Gasteiger partial charge in [-0.2, -0.15) is 0 Å². The van der Waals surface area contributed by atoms with Crippen LogP contribution < -0.4 is 10.6 Å². The van der Waals surface area contributed by atoms with Crippen LogP contribution in [-0.4, -0.2) is 66.9 Å². The van der Waals surface area contributed by atoms with E-state index in [1.807, 2.05) is 28.0 Å². The molecule has 2 unspecified atom stereocenters. The molecule has 8 heteroatoms. The molecule has 1 aromatic carbocycles. The van der Waals surface area contributed by atoms with E-state index in [2.05, 4.69) is 11.0 Å². The van der Waals surface area contributed by atoms with Crippen molar-refractivity contribution in [2.45, 2.75) is 38.1 Å². The average molecular weight is 443 g/mol. The Morgan fingerprint density at radius 3 is 2.45 bits per heavy atom. The number of fused-ring (bicyclic) bond motifs is 1. The van der Waals surface area contributed by atoms with Crippen LogP contribution in [0.1, 0.15) is 31.2 Å². The summed E-state index contributed by atoms with van der Waals surface area (Å²) in [5.74, 6) is 0.533. The summed E-state index contributed by atoms with van der Waals surface area (Å²) in [6.45, 7) is 4.18. The van der Waals surface area contributed by atoms with Gasteiger partial charge in [-0.1, -0.05) is 24.6 Å². The van der Waals surface area contributed by atoms with Gasteiger partial charge in [0.15, 0.2) is 0 Å².